The smallest absolute Gasteiger partial charge is 0.0830 e. The molecule has 18 heavy (non-hydrogen) atoms. The molecule has 0 radical (unpaired) electrons. The molecule has 1 N–H and O–H groups in total. The van der Waals surface area contributed by atoms with Crippen molar-refractivity contribution in [1.82, 2.24) is 20.3 Å². The lowest BCUT2D eigenvalue weighted by atomic mass is 9.95. The highest BCUT2D eigenvalue weighted by atomic mass is 15.4. The van der Waals surface area contributed by atoms with Gasteiger partial charge >= 0.3 is 0 Å². The average Bonchev–Trinajstić information content (AvgIpc) is 2.76. The highest BCUT2D eigenvalue weighted by Crippen LogP contribution is 2.12. The summed E-state index contributed by atoms with van der Waals surface area (Å²) in [6, 6.07) is 10.6. The summed E-state index contributed by atoms with van der Waals surface area (Å²) >= 11 is 0. The second-order valence-corrected chi connectivity index (χ2v) is 4.70. The Morgan fingerprint density at radius 1 is 1.22 bits per heavy atom. The molecule has 1 aromatic carbocycles. The van der Waals surface area contributed by atoms with E-state index >= 15 is 0 Å². The fourth-order valence-corrected chi connectivity index (χ4v) is 2.24. The molecule has 0 saturated carbocycles. The van der Waals surface area contributed by atoms with Crippen LogP contribution in [-0.4, -0.2) is 28.6 Å². The molecular formula is C14H20N4. The van der Waals surface area contributed by atoms with E-state index < -0.39 is 0 Å². The summed E-state index contributed by atoms with van der Waals surface area (Å²) < 4.78 is 1.76. The van der Waals surface area contributed by atoms with Crippen molar-refractivity contribution in [1.29, 1.82) is 0 Å². The molecule has 4 nitrogen and oxygen atoms in total. The summed E-state index contributed by atoms with van der Waals surface area (Å²) in [4.78, 5) is 0. The summed E-state index contributed by atoms with van der Waals surface area (Å²) in [7, 11) is 3.90. The van der Waals surface area contributed by atoms with Crippen molar-refractivity contribution in [2.24, 2.45) is 13.0 Å². The van der Waals surface area contributed by atoms with Crippen molar-refractivity contribution in [3.05, 3.63) is 47.8 Å². The number of hydrogen-bond acceptors (Lipinski definition) is 3. The fourth-order valence-electron chi connectivity index (χ4n) is 2.24. The average molecular weight is 244 g/mol. The third kappa shape index (κ3) is 3.67. The van der Waals surface area contributed by atoms with Crippen LogP contribution in [0.3, 0.4) is 0 Å². The van der Waals surface area contributed by atoms with Crippen molar-refractivity contribution in [2.45, 2.75) is 12.8 Å². The molecule has 96 valence electrons. The maximum absolute atomic E-state index is 4.16. The van der Waals surface area contributed by atoms with Gasteiger partial charge in [0, 0.05) is 13.2 Å². The molecule has 4 heteroatoms. The lowest BCUT2D eigenvalue weighted by Crippen LogP contribution is -2.23. The minimum atomic E-state index is 0.550. The van der Waals surface area contributed by atoms with Gasteiger partial charge in [0.2, 0.25) is 0 Å². The number of aromatic nitrogens is 3. The normalized spacial score (nSPS) is 12.6. The zero-order valence-electron chi connectivity index (χ0n) is 11.0. The van der Waals surface area contributed by atoms with Crippen LogP contribution in [0.15, 0.2) is 36.5 Å². The maximum Gasteiger partial charge on any atom is 0.0830 e. The predicted octanol–water partition coefficient (Wildman–Crippen LogP) is 1.44. The van der Waals surface area contributed by atoms with Gasteiger partial charge in [-0.15, -0.1) is 5.10 Å². The van der Waals surface area contributed by atoms with E-state index in [4.69, 9.17) is 0 Å². The van der Waals surface area contributed by atoms with Gasteiger partial charge in [-0.25, -0.2) is 0 Å². The Balaban J connectivity index is 1.99. The Morgan fingerprint density at radius 3 is 2.61 bits per heavy atom. The van der Waals surface area contributed by atoms with Gasteiger partial charge in [0.05, 0.1) is 5.69 Å². The number of benzene rings is 1. The van der Waals surface area contributed by atoms with Crippen LogP contribution < -0.4 is 5.32 Å². The first-order valence-corrected chi connectivity index (χ1v) is 6.31. The van der Waals surface area contributed by atoms with E-state index in [9.17, 15) is 0 Å². The molecule has 0 spiro atoms. The van der Waals surface area contributed by atoms with Gasteiger partial charge < -0.3 is 5.32 Å². The number of hydrogen-bond donors (Lipinski definition) is 1. The number of aryl methyl sites for hydroxylation is 1. The van der Waals surface area contributed by atoms with Crippen molar-refractivity contribution >= 4 is 0 Å². The minimum absolute atomic E-state index is 0.550. The van der Waals surface area contributed by atoms with Gasteiger partial charge in [0.15, 0.2) is 0 Å². The van der Waals surface area contributed by atoms with Crippen molar-refractivity contribution in [3.8, 4) is 0 Å². The number of nitrogens with one attached hydrogen (secondary N) is 1. The van der Waals surface area contributed by atoms with E-state index in [-0.39, 0.29) is 0 Å². The monoisotopic (exact) mass is 244 g/mol. The molecular weight excluding hydrogens is 224 g/mol. The SMILES string of the molecule is CNCC(Cc1ccccc1)Cc1cn(C)nn1. The summed E-state index contributed by atoms with van der Waals surface area (Å²) in [5, 5.41) is 11.4. The first-order valence-electron chi connectivity index (χ1n) is 6.31. The first-order chi connectivity index (χ1) is 8.78. The maximum atomic E-state index is 4.16. The summed E-state index contributed by atoms with van der Waals surface area (Å²) in [5.41, 5.74) is 2.44. The molecule has 0 aliphatic rings. The van der Waals surface area contributed by atoms with Gasteiger partial charge in [-0.3, -0.25) is 4.68 Å². The van der Waals surface area contributed by atoms with Crippen LogP contribution in [0.5, 0.6) is 0 Å². The minimum Gasteiger partial charge on any atom is -0.319 e. The zero-order valence-corrected chi connectivity index (χ0v) is 11.0. The molecule has 0 aliphatic carbocycles. The third-order valence-corrected chi connectivity index (χ3v) is 3.01. The van der Waals surface area contributed by atoms with Crippen LogP contribution in [0.25, 0.3) is 0 Å². The topological polar surface area (TPSA) is 42.7 Å². The van der Waals surface area contributed by atoms with Gasteiger partial charge in [0.25, 0.3) is 0 Å². The lowest BCUT2D eigenvalue weighted by Gasteiger charge is -2.15. The number of rotatable bonds is 6. The Kier molecular flexibility index (Phi) is 4.47. The van der Waals surface area contributed by atoms with E-state index in [2.05, 4.69) is 46.0 Å². The Labute approximate surface area is 108 Å². The quantitative estimate of drug-likeness (QED) is 0.836. The zero-order chi connectivity index (χ0) is 12.8. The molecule has 2 aromatic rings. The van der Waals surface area contributed by atoms with Crippen LogP contribution in [0, 0.1) is 5.92 Å². The molecule has 0 bridgehead atoms. The van der Waals surface area contributed by atoms with E-state index in [0.29, 0.717) is 5.92 Å². The second-order valence-electron chi connectivity index (χ2n) is 4.70. The molecule has 1 heterocycles. The van der Waals surface area contributed by atoms with Crippen molar-refractivity contribution < 1.29 is 0 Å². The van der Waals surface area contributed by atoms with Crippen LogP contribution in [0.2, 0.25) is 0 Å². The molecule has 2 rings (SSSR count). The second kappa shape index (κ2) is 6.31. The molecule has 0 fully saturated rings. The Bertz CT molecular complexity index is 464. The molecule has 0 amide bonds. The van der Waals surface area contributed by atoms with E-state index in [1.54, 1.807) is 4.68 Å². The van der Waals surface area contributed by atoms with Gasteiger partial charge in [0.1, 0.15) is 0 Å². The fraction of sp³-hybridized carbons (Fsp3) is 0.429. The highest BCUT2D eigenvalue weighted by Gasteiger charge is 2.12. The largest absolute Gasteiger partial charge is 0.319 e. The molecule has 1 atom stereocenters. The summed E-state index contributed by atoms with van der Waals surface area (Å²) in [5.74, 6) is 0.550. The van der Waals surface area contributed by atoms with E-state index in [1.165, 1.54) is 5.56 Å². The van der Waals surface area contributed by atoms with E-state index in [1.807, 2.05) is 20.3 Å². The van der Waals surface area contributed by atoms with Gasteiger partial charge in [-0.05, 0) is 37.9 Å². The Hall–Kier alpha value is -1.68. The summed E-state index contributed by atoms with van der Waals surface area (Å²) in [6.45, 7) is 0.992. The van der Waals surface area contributed by atoms with Crippen molar-refractivity contribution in [2.75, 3.05) is 13.6 Å². The van der Waals surface area contributed by atoms with Gasteiger partial charge in [-0.2, -0.15) is 0 Å². The van der Waals surface area contributed by atoms with Crippen LogP contribution >= 0.6 is 0 Å². The number of nitrogens with zero attached hydrogens (tertiary/aromatic N) is 3. The van der Waals surface area contributed by atoms with E-state index in [0.717, 1.165) is 25.1 Å². The van der Waals surface area contributed by atoms with Crippen LogP contribution in [0.1, 0.15) is 11.3 Å². The molecule has 0 saturated heterocycles. The third-order valence-electron chi connectivity index (χ3n) is 3.01. The Morgan fingerprint density at radius 2 is 2.00 bits per heavy atom. The summed E-state index contributed by atoms with van der Waals surface area (Å²) in [6.07, 6.45) is 4.02. The first kappa shape index (κ1) is 12.8. The molecule has 1 aromatic heterocycles. The lowest BCUT2D eigenvalue weighted by molar-refractivity contribution is 0.488. The molecule has 0 aliphatic heterocycles. The standard InChI is InChI=1S/C14H20N4/c1-15-10-13(8-12-6-4-3-5-7-12)9-14-11-18(2)17-16-14/h3-7,11,13,15H,8-10H2,1-2H3. The molecule has 1 unspecified atom stereocenters. The van der Waals surface area contributed by atoms with Crippen LogP contribution in [0.4, 0.5) is 0 Å². The van der Waals surface area contributed by atoms with Gasteiger partial charge in [-0.1, -0.05) is 35.5 Å². The predicted molar refractivity (Wildman–Crippen MR) is 72.3 cm³/mol. The van der Waals surface area contributed by atoms with Crippen molar-refractivity contribution in [3.63, 3.8) is 0 Å². The highest BCUT2D eigenvalue weighted by molar-refractivity contribution is 5.15. The van der Waals surface area contributed by atoms with Crippen LogP contribution in [-0.2, 0) is 19.9 Å².